The number of nitrogens with zero attached hydrogens (tertiary/aromatic N) is 2. The molecule has 94 valence electrons. The minimum absolute atomic E-state index is 0.00982. The van der Waals surface area contributed by atoms with Gasteiger partial charge in [-0.15, -0.1) is 0 Å². The monoisotopic (exact) mass is 242 g/mol. The van der Waals surface area contributed by atoms with Crippen molar-refractivity contribution >= 4 is 0 Å². The number of hydrogen-bond donors (Lipinski definition) is 0. The van der Waals surface area contributed by atoms with E-state index in [1.54, 1.807) is 7.11 Å². The molecule has 0 amide bonds. The Hall–Kier alpha value is -1.79. The highest BCUT2D eigenvalue weighted by atomic mass is 16.5. The summed E-state index contributed by atoms with van der Waals surface area (Å²) in [4.78, 5) is 2.08. The standard InChI is InChI=1S/C15H18N2O/c1-17-7-6-13(9-14(17)11-16)8-12-4-3-5-15(10-12)18-2/h3-6,10,14H,7-9H2,1-2H3. The van der Waals surface area contributed by atoms with Crippen molar-refractivity contribution in [2.24, 2.45) is 0 Å². The maximum absolute atomic E-state index is 9.09. The van der Waals surface area contributed by atoms with E-state index < -0.39 is 0 Å². The van der Waals surface area contributed by atoms with Gasteiger partial charge in [-0.1, -0.05) is 23.8 Å². The molecule has 0 N–H and O–H groups in total. The van der Waals surface area contributed by atoms with Gasteiger partial charge in [0.15, 0.2) is 0 Å². The number of hydrogen-bond acceptors (Lipinski definition) is 3. The highest BCUT2D eigenvalue weighted by Crippen LogP contribution is 2.22. The smallest absolute Gasteiger partial charge is 0.119 e. The second kappa shape index (κ2) is 5.70. The van der Waals surface area contributed by atoms with Crippen molar-refractivity contribution in [3.8, 4) is 11.8 Å². The topological polar surface area (TPSA) is 36.3 Å². The first kappa shape index (κ1) is 12.7. The molecule has 1 unspecified atom stereocenters. The average Bonchev–Trinajstić information content (AvgIpc) is 2.41. The summed E-state index contributed by atoms with van der Waals surface area (Å²) in [5.41, 5.74) is 2.58. The van der Waals surface area contributed by atoms with Crippen LogP contribution in [0.1, 0.15) is 12.0 Å². The second-order valence-electron chi connectivity index (χ2n) is 4.68. The number of rotatable bonds is 3. The van der Waals surface area contributed by atoms with Crippen LogP contribution < -0.4 is 4.74 Å². The van der Waals surface area contributed by atoms with Crippen LogP contribution in [0.2, 0.25) is 0 Å². The van der Waals surface area contributed by atoms with Gasteiger partial charge in [-0.2, -0.15) is 5.26 Å². The van der Waals surface area contributed by atoms with Crippen LogP contribution in [-0.4, -0.2) is 31.6 Å². The van der Waals surface area contributed by atoms with Crippen molar-refractivity contribution in [1.29, 1.82) is 5.26 Å². The molecule has 0 aliphatic carbocycles. The first-order chi connectivity index (χ1) is 8.72. The van der Waals surface area contributed by atoms with E-state index in [1.165, 1.54) is 11.1 Å². The molecule has 0 saturated carbocycles. The van der Waals surface area contributed by atoms with Crippen LogP contribution in [-0.2, 0) is 6.42 Å². The van der Waals surface area contributed by atoms with Gasteiger partial charge in [0.25, 0.3) is 0 Å². The van der Waals surface area contributed by atoms with Crippen LogP contribution in [0, 0.1) is 11.3 Å². The summed E-state index contributed by atoms with van der Waals surface area (Å²) in [6.45, 7) is 0.859. The molecule has 0 aromatic heterocycles. The number of likely N-dealkylation sites (N-methyl/N-ethyl adjacent to an activating group) is 1. The van der Waals surface area contributed by atoms with Crippen molar-refractivity contribution in [1.82, 2.24) is 4.90 Å². The lowest BCUT2D eigenvalue weighted by molar-refractivity contribution is 0.299. The van der Waals surface area contributed by atoms with Gasteiger partial charge in [0, 0.05) is 6.54 Å². The van der Waals surface area contributed by atoms with Gasteiger partial charge >= 0.3 is 0 Å². The quantitative estimate of drug-likeness (QED) is 0.764. The van der Waals surface area contributed by atoms with E-state index in [4.69, 9.17) is 10.00 Å². The lowest BCUT2D eigenvalue weighted by Crippen LogP contribution is -2.34. The fourth-order valence-corrected chi connectivity index (χ4v) is 2.22. The van der Waals surface area contributed by atoms with Crippen LogP contribution in [0.5, 0.6) is 5.75 Å². The van der Waals surface area contributed by atoms with E-state index in [0.717, 1.165) is 25.1 Å². The Morgan fingerprint density at radius 2 is 2.33 bits per heavy atom. The highest BCUT2D eigenvalue weighted by Gasteiger charge is 2.19. The van der Waals surface area contributed by atoms with Gasteiger partial charge in [-0.3, -0.25) is 4.90 Å². The van der Waals surface area contributed by atoms with Crippen molar-refractivity contribution < 1.29 is 4.74 Å². The van der Waals surface area contributed by atoms with E-state index >= 15 is 0 Å². The van der Waals surface area contributed by atoms with Gasteiger partial charge in [0.2, 0.25) is 0 Å². The fourth-order valence-electron chi connectivity index (χ4n) is 2.22. The van der Waals surface area contributed by atoms with Crippen LogP contribution in [0.25, 0.3) is 0 Å². The molecule has 0 bridgehead atoms. The van der Waals surface area contributed by atoms with Crippen LogP contribution in [0.4, 0.5) is 0 Å². The zero-order valence-corrected chi connectivity index (χ0v) is 10.9. The first-order valence-corrected chi connectivity index (χ1v) is 6.13. The predicted octanol–water partition coefficient (Wildman–Crippen LogP) is 2.39. The SMILES string of the molecule is COc1cccc(CC2=CCN(C)C(C#N)C2)c1. The molecule has 1 aromatic rings. The van der Waals surface area contributed by atoms with Crippen molar-refractivity contribution in [3.63, 3.8) is 0 Å². The van der Waals surface area contributed by atoms with Gasteiger partial charge in [-0.25, -0.2) is 0 Å². The molecular formula is C15H18N2O. The number of benzene rings is 1. The zero-order valence-electron chi connectivity index (χ0n) is 10.9. The molecule has 3 heteroatoms. The van der Waals surface area contributed by atoms with Crippen LogP contribution in [0.15, 0.2) is 35.9 Å². The Morgan fingerprint density at radius 1 is 1.50 bits per heavy atom. The highest BCUT2D eigenvalue weighted by molar-refractivity contribution is 5.32. The van der Waals surface area contributed by atoms with Crippen molar-refractivity contribution in [3.05, 3.63) is 41.5 Å². The zero-order chi connectivity index (χ0) is 13.0. The molecular weight excluding hydrogens is 224 g/mol. The molecule has 1 heterocycles. The Labute approximate surface area is 108 Å². The third-order valence-electron chi connectivity index (χ3n) is 3.37. The summed E-state index contributed by atoms with van der Waals surface area (Å²) >= 11 is 0. The van der Waals surface area contributed by atoms with E-state index in [0.29, 0.717) is 0 Å². The lowest BCUT2D eigenvalue weighted by atomic mass is 9.95. The Morgan fingerprint density at radius 3 is 3.06 bits per heavy atom. The largest absolute Gasteiger partial charge is 0.497 e. The third kappa shape index (κ3) is 2.91. The van der Waals surface area contributed by atoms with Crippen molar-refractivity contribution in [2.45, 2.75) is 18.9 Å². The minimum atomic E-state index is 0.00982. The molecule has 0 saturated heterocycles. The van der Waals surface area contributed by atoms with Gasteiger partial charge in [-0.05, 0) is 37.6 Å². The van der Waals surface area contributed by atoms with E-state index in [1.807, 2.05) is 19.2 Å². The Kier molecular flexibility index (Phi) is 4.01. The van der Waals surface area contributed by atoms with Gasteiger partial charge < -0.3 is 4.74 Å². The molecule has 1 atom stereocenters. The maximum Gasteiger partial charge on any atom is 0.119 e. The van der Waals surface area contributed by atoms with Gasteiger partial charge in [0.1, 0.15) is 11.8 Å². The summed E-state index contributed by atoms with van der Waals surface area (Å²) in [6, 6.07) is 10.5. The van der Waals surface area contributed by atoms with Crippen LogP contribution >= 0.6 is 0 Å². The molecule has 0 radical (unpaired) electrons. The molecule has 1 aliphatic rings. The van der Waals surface area contributed by atoms with Crippen LogP contribution in [0.3, 0.4) is 0 Å². The summed E-state index contributed by atoms with van der Waals surface area (Å²) in [7, 11) is 3.67. The minimum Gasteiger partial charge on any atom is -0.497 e. The summed E-state index contributed by atoms with van der Waals surface area (Å²) < 4.78 is 5.22. The molecule has 18 heavy (non-hydrogen) atoms. The maximum atomic E-state index is 9.09. The average molecular weight is 242 g/mol. The Bertz CT molecular complexity index is 488. The second-order valence-corrected chi connectivity index (χ2v) is 4.68. The van der Waals surface area contributed by atoms with E-state index in [9.17, 15) is 0 Å². The third-order valence-corrected chi connectivity index (χ3v) is 3.37. The predicted molar refractivity (Wildman–Crippen MR) is 71.4 cm³/mol. The molecule has 2 rings (SSSR count). The summed E-state index contributed by atoms with van der Waals surface area (Å²) in [5, 5.41) is 9.09. The Balaban J connectivity index is 2.08. The fraction of sp³-hybridized carbons (Fsp3) is 0.400. The number of ether oxygens (including phenoxy) is 1. The van der Waals surface area contributed by atoms with Gasteiger partial charge in [0.05, 0.1) is 13.2 Å². The molecule has 0 fully saturated rings. The summed E-state index contributed by atoms with van der Waals surface area (Å²) in [6.07, 6.45) is 3.97. The molecule has 1 aliphatic heterocycles. The normalized spacial score (nSPS) is 20.1. The van der Waals surface area contributed by atoms with E-state index in [-0.39, 0.29) is 6.04 Å². The van der Waals surface area contributed by atoms with E-state index in [2.05, 4.69) is 29.2 Å². The lowest BCUT2D eigenvalue weighted by Gasteiger charge is -2.27. The molecule has 1 aromatic carbocycles. The summed E-state index contributed by atoms with van der Waals surface area (Å²) in [5.74, 6) is 0.887. The first-order valence-electron chi connectivity index (χ1n) is 6.13. The molecule has 3 nitrogen and oxygen atoms in total. The van der Waals surface area contributed by atoms with Crippen molar-refractivity contribution in [2.75, 3.05) is 20.7 Å². The number of nitriles is 1. The number of methoxy groups -OCH3 is 1. The molecule has 0 spiro atoms.